The molecule has 0 amide bonds. The zero-order valence-corrected chi connectivity index (χ0v) is 22.7. The van der Waals surface area contributed by atoms with Gasteiger partial charge in [0.2, 0.25) is 0 Å². The molecule has 0 N–H and O–H groups in total. The minimum absolute atomic E-state index is 0.0710. The van der Waals surface area contributed by atoms with Crippen LogP contribution < -0.4 is 0 Å². The third-order valence-electron chi connectivity index (χ3n) is 6.70. The molecule has 0 saturated heterocycles. The highest BCUT2D eigenvalue weighted by atomic mass is 35.5. The number of halogens is 1. The van der Waals surface area contributed by atoms with E-state index in [1.54, 1.807) is 13.0 Å². The maximum absolute atomic E-state index is 12.4. The van der Waals surface area contributed by atoms with Crippen LogP contribution in [0.3, 0.4) is 0 Å². The van der Waals surface area contributed by atoms with Crippen LogP contribution >= 0.6 is 11.6 Å². The summed E-state index contributed by atoms with van der Waals surface area (Å²) < 4.78 is 7.17. The molecule has 0 saturated carbocycles. The van der Waals surface area contributed by atoms with E-state index in [0.717, 1.165) is 39.2 Å². The number of benzene rings is 4. The van der Waals surface area contributed by atoms with Gasteiger partial charge in [-0.05, 0) is 64.6 Å². The summed E-state index contributed by atoms with van der Waals surface area (Å²) in [5.41, 5.74) is 4.68. The molecule has 10 heteroatoms. The highest BCUT2D eigenvalue weighted by Gasteiger charge is 2.19. The van der Waals surface area contributed by atoms with E-state index >= 15 is 0 Å². The summed E-state index contributed by atoms with van der Waals surface area (Å²) in [4.78, 5) is 34.0. The molecular formula is C31H24ClN3O6. The summed E-state index contributed by atoms with van der Waals surface area (Å²) in [5.74, 6) is -0.354. The highest BCUT2D eigenvalue weighted by Crippen LogP contribution is 2.33. The first kappa shape index (κ1) is 27.5. The molecule has 0 spiro atoms. The standard InChI is InChI=1S/C31H24ClN3O6/c1-2-41-31(36)16-25-19-33(18-20-5-3-6-21(11-20)22-7-4-8-26(32)12-22)30-15-23(9-10-29(25)30)24-13-27(34(37)38)17-28(14-24)35(39)40/h3-15,17,19H,2,16,18H2,1H3. The Morgan fingerprint density at radius 1 is 0.829 bits per heavy atom. The van der Waals surface area contributed by atoms with Crippen molar-refractivity contribution in [1.82, 2.24) is 4.57 Å². The fraction of sp³-hybridized carbons (Fsp3) is 0.129. The number of fused-ring (bicyclic) bond motifs is 1. The first-order valence-electron chi connectivity index (χ1n) is 12.8. The third kappa shape index (κ3) is 6.10. The number of carbonyl (C=O) groups excluding carboxylic acids is 1. The van der Waals surface area contributed by atoms with Crippen molar-refractivity contribution in [2.75, 3.05) is 6.61 Å². The van der Waals surface area contributed by atoms with Gasteiger partial charge in [-0.1, -0.05) is 54.1 Å². The van der Waals surface area contributed by atoms with Crippen LogP contribution in [0.15, 0.2) is 91.1 Å². The third-order valence-corrected chi connectivity index (χ3v) is 6.94. The maximum atomic E-state index is 12.4. The average molecular weight is 570 g/mol. The van der Waals surface area contributed by atoms with Gasteiger partial charge in [0.15, 0.2) is 0 Å². The Morgan fingerprint density at radius 3 is 2.15 bits per heavy atom. The normalized spacial score (nSPS) is 11.0. The number of nitro benzene ring substituents is 2. The predicted molar refractivity (Wildman–Crippen MR) is 157 cm³/mol. The van der Waals surface area contributed by atoms with E-state index in [4.69, 9.17) is 16.3 Å². The summed E-state index contributed by atoms with van der Waals surface area (Å²) in [5, 5.41) is 24.4. The van der Waals surface area contributed by atoms with Gasteiger partial charge in [0.25, 0.3) is 11.4 Å². The van der Waals surface area contributed by atoms with E-state index in [1.165, 1.54) is 12.1 Å². The lowest BCUT2D eigenvalue weighted by Crippen LogP contribution is -2.07. The Kier molecular flexibility index (Phi) is 7.80. The van der Waals surface area contributed by atoms with Crippen molar-refractivity contribution in [1.29, 1.82) is 0 Å². The van der Waals surface area contributed by atoms with E-state index < -0.39 is 9.85 Å². The molecule has 0 radical (unpaired) electrons. The van der Waals surface area contributed by atoms with Gasteiger partial charge in [0.05, 0.1) is 28.9 Å². The highest BCUT2D eigenvalue weighted by molar-refractivity contribution is 6.30. The number of hydrogen-bond acceptors (Lipinski definition) is 6. The first-order valence-corrected chi connectivity index (χ1v) is 13.2. The maximum Gasteiger partial charge on any atom is 0.310 e. The Labute approximate surface area is 239 Å². The van der Waals surface area contributed by atoms with Crippen LogP contribution in [0.4, 0.5) is 11.4 Å². The van der Waals surface area contributed by atoms with E-state index in [0.29, 0.717) is 22.7 Å². The Balaban J connectivity index is 1.60. The monoisotopic (exact) mass is 569 g/mol. The lowest BCUT2D eigenvalue weighted by Gasteiger charge is -2.10. The van der Waals surface area contributed by atoms with Crippen molar-refractivity contribution in [2.45, 2.75) is 19.9 Å². The van der Waals surface area contributed by atoms with Gasteiger partial charge >= 0.3 is 5.97 Å². The van der Waals surface area contributed by atoms with Gasteiger partial charge in [0, 0.05) is 40.8 Å². The van der Waals surface area contributed by atoms with Crippen LogP contribution in [0.5, 0.6) is 0 Å². The van der Waals surface area contributed by atoms with Crippen LogP contribution in [0.25, 0.3) is 33.2 Å². The van der Waals surface area contributed by atoms with Crippen molar-refractivity contribution in [3.05, 3.63) is 128 Å². The van der Waals surface area contributed by atoms with Gasteiger partial charge in [-0.3, -0.25) is 25.0 Å². The second kappa shape index (κ2) is 11.6. The number of aromatic nitrogens is 1. The smallest absolute Gasteiger partial charge is 0.310 e. The van der Waals surface area contributed by atoms with Crippen molar-refractivity contribution >= 4 is 39.8 Å². The van der Waals surface area contributed by atoms with Gasteiger partial charge < -0.3 is 9.30 Å². The zero-order chi connectivity index (χ0) is 29.1. The second-order valence-electron chi connectivity index (χ2n) is 9.46. The van der Waals surface area contributed by atoms with Gasteiger partial charge in [-0.15, -0.1) is 0 Å². The number of esters is 1. The number of hydrogen-bond donors (Lipinski definition) is 0. The minimum atomic E-state index is -0.651. The number of nitrogens with zero attached hydrogens (tertiary/aromatic N) is 3. The van der Waals surface area contributed by atoms with Crippen LogP contribution in [0.2, 0.25) is 5.02 Å². The molecule has 4 aromatic carbocycles. The van der Waals surface area contributed by atoms with E-state index in [1.807, 2.05) is 65.4 Å². The Hall–Kier alpha value is -5.02. The summed E-state index contributed by atoms with van der Waals surface area (Å²) in [7, 11) is 0. The van der Waals surface area contributed by atoms with Crippen LogP contribution in [0, 0.1) is 20.2 Å². The van der Waals surface area contributed by atoms with E-state index in [9.17, 15) is 25.0 Å². The largest absolute Gasteiger partial charge is 0.466 e. The summed E-state index contributed by atoms with van der Waals surface area (Å²) in [6.45, 7) is 2.48. The Morgan fingerprint density at radius 2 is 1.49 bits per heavy atom. The average Bonchev–Trinajstić information content (AvgIpc) is 3.28. The minimum Gasteiger partial charge on any atom is -0.466 e. The number of carbonyl (C=O) groups is 1. The lowest BCUT2D eigenvalue weighted by atomic mass is 10.0. The van der Waals surface area contributed by atoms with Crippen LogP contribution in [-0.4, -0.2) is 27.0 Å². The predicted octanol–water partition coefficient (Wildman–Crippen LogP) is 7.60. The van der Waals surface area contributed by atoms with Crippen LogP contribution in [-0.2, 0) is 22.5 Å². The Bertz CT molecular complexity index is 1780. The van der Waals surface area contributed by atoms with Gasteiger partial charge in [-0.25, -0.2) is 0 Å². The SMILES string of the molecule is CCOC(=O)Cc1cn(Cc2cccc(-c3cccc(Cl)c3)c2)c2cc(-c3cc([N+](=O)[O-])cc([N+](=O)[O-])c3)ccc12. The molecule has 0 bridgehead atoms. The molecule has 0 atom stereocenters. The van der Waals surface area contributed by atoms with Crippen LogP contribution in [0.1, 0.15) is 18.1 Å². The molecule has 1 aromatic heterocycles. The molecule has 9 nitrogen and oxygen atoms in total. The number of rotatable bonds is 9. The zero-order valence-electron chi connectivity index (χ0n) is 22.0. The van der Waals surface area contributed by atoms with Crippen molar-refractivity contribution in [3.63, 3.8) is 0 Å². The summed E-state index contributed by atoms with van der Waals surface area (Å²) in [6.07, 6.45) is 1.97. The molecule has 1 heterocycles. The molecule has 5 aromatic rings. The second-order valence-corrected chi connectivity index (χ2v) is 9.90. The molecule has 206 valence electrons. The topological polar surface area (TPSA) is 118 Å². The van der Waals surface area contributed by atoms with Crippen molar-refractivity contribution in [3.8, 4) is 22.3 Å². The fourth-order valence-electron chi connectivity index (χ4n) is 4.87. The molecular weight excluding hydrogens is 546 g/mol. The van der Waals surface area contributed by atoms with E-state index in [2.05, 4.69) is 6.07 Å². The molecule has 0 unspecified atom stereocenters. The fourth-order valence-corrected chi connectivity index (χ4v) is 5.06. The van der Waals surface area contributed by atoms with Gasteiger partial charge in [0.1, 0.15) is 0 Å². The quantitative estimate of drug-likeness (QED) is 0.102. The molecule has 0 fully saturated rings. The molecule has 0 aliphatic carbocycles. The van der Waals surface area contributed by atoms with Crippen molar-refractivity contribution < 1.29 is 19.4 Å². The molecule has 0 aliphatic heterocycles. The first-order chi connectivity index (χ1) is 19.7. The number of nitro groups is 2. The van der Waals surface area contributed by atoms with Crippen molar-refractivity contribution in [2.24, 2.45) is 0 Å². The summed E-state index contributed by atoms with van der Waals surface area (Å²) >= 11 is 6.20. The van der Waals surface area contributed by atoms with Gasteiger partial charge in [-0.2, -0.15) is 0 Å². The number of ether oxygens (including phenoxy) is 1. The molecule has 41 heavy (non-hydrogen) atoms. The lowest BCUT2D eigenvalue weighted by molar-refractivity contribution is -0.394. The molecule has 0 aliphatic rings. The number of non-ortho nitro benzene ring substituents is 2. The van der Waals surface area contributed by atoms with E-state index in [-0.39, 0.29) is 30.4 Å². The summed E-state index contributed by atoms with van der Waals surface area (Å²) in [6, 6.07) is 24.6. The molecule has 5 rings (SSSR count).